The SMILES string of the molecule is CCCCCC(=O)O[C@@H](CC[C@H](C)/C=C(\C)[C@@H](O)CC(=O)[C@H](C)C[C@H](C)/C=C/C=C/C=C(\C)CC[C@@H]1CC[C@@H](C)[C@](O)(C(=O)C(C)=O)O1)[C@H](C)C[C@@H]1CC[C@@H](O)[C@H](OC)C1. The summed E-state index contributed by atoms with van der Waals surface area (Å²) in [6.07, 6.45) is 21.7. The quantitative estimate of drug-likeness (QED) is 0.0239. The number of ketones is 3. The van der Waals surface area contributed by atoms with Crippen LogP contribution >= 0.6 is 0 Å². The van der Waals surface area contributed by atoms with Crippen LogP contribution in [0, 0.1) is 35.5 Å². The third kappa shape index (κ3) is 18.7. The van der Waals surface area contributed by atoms with Crippen molar-refractivity contribution < 1.29 is 48.7 Å². The van der Waals surface area contributed by atoms with Gasteiger partial charge < -0.3 is 29.5 Å². The van der Waals surface area contributed by atoms with Gasteiger partial charge in [0.1, 0.15) is 11.9 Å². The Morgan fingerprint density at radius 3 is 2.30 bits per heavy atom. The van der Waals surface area contributed by atoms with E-state index in [0.717, 1.165) is 82.3 Å². The second kappa shape index (κ2) is 27.3. The highest BCUT2D eigenvalue weighted by molar-refractivity contribution is 6.38. The molecule has 12 atom stereocenters. The van der Waals surface area contributed by atoms with Crippen LogP contribution in [0.5, 0.6) is 0 Å². The number of ether oxygens (including phenoxy) is 3. The van der Waals surface area contributed by atoms with E-state index in [9.17, 15) is 34.5 Å². The molecule has 1 heterocycles. The molecule has 3 N–H and O–H groups in total. The van der Waals surface area contributed by atoms with E-state index in [1.807, 2.05) is 45.1 Å². The summed E-state index contributed by atoms with van der Waals surface area (Å²) in [5.74, 6) is -3.50. The van der Waals surface area contributed by atoms with E-state index in [2.05, 4.69) is 39.8 Å². The number of aliphatic hydroxyl groups is 3. The molecule has 1 saturated heterocycles. The average molecular weight is 843 g/mol. The summed E-state index contributed by atoms with van der Waals surface area (Å²) in [7, 11) is 1.65. The first-order chi connectivity index (χ1) is 28.3. The van der Waals surface area contributed by atoms with E-state index in [1.54, 1.807) is 14.0 Å². The standard InChI is InChI=1S/C50H82O10/c1-11-12-14-19-48(55)59-46(38(7)30-41-23-26-43(52)47(31-41)58-10)27-21-35(4)29-37(6)45(54)32-44(53)36(5)28-34(3)18-16-13-15-17-33(2)20-24-42-25-22-39(8)50(57,60-42)49(56)40(9)51/h13,15-18,29,34-36,38-39,41-43,45-47,52,54,57H,11-12,14,19-28,30-32H2,1-10H3/b15-13+,18-16+,33-17+,37-29+/t34-,35+,36-,38-,39-,41+,42-,43-,45+,46+,47-,50-/m1/s1. The van der Waals surface area contributed by atoms with E-state index in [0.29, 0.717) is 38.0 Å². The first-order valence-electron chi connectivity index (χ1n) is 23.1. The Kier molecular flexibility index (Phi) is 24.3. The highest BCUT2D eigenvalue weighted by atomic mass is 16.6. The number of hydrogen-bond acceptors (Lipinski definition) is 10. The Morgan fingerprint density at radius 1 is 0.917 bits per heavy atom. The number of esters is 1. The summed E-state index contributed by atoms with van der Waals surface area (Å²) in [5, 5.41) is 32.1. The minimum Gasteiger partial charge on any atom is -0.462 e. The van der Waals surface area contributed by atoms with Crippen molar-refractivity contribution in [1.29, 1.82) is 0 Å². The zero-order valence-corrected chi connectivity index (χ0v) is 38.8. The van der Waals surface area contributed by atoms with Crippen molar-refractivity contribution in [3.63, 3.8) is 0 Å². The maximum Gasteiger partial charge on any atom is 0.306 e. The molecule has 2 aliphatic rings. The number of aliphatic hydroxyl groups excluding tert-OH is 2. The van der Waals surface area contributed by atoms with Crippen LogP contribution in [0.4, 0.5) is 0 Å². The van der Waals surface area contributed by atoms with Crippen LogP contribution in [0.15, 0.2) is 47.6 Å². The minimum absolute atomic E-state index is 0.0348. The van der Waals surface area contributed by atoms with Crippen LogP contribution in [-0.4, -0.2) is 82.1 Å². The molecule has 0 aromatic heterocycles. The molecule has 0 unspecified atom stereocenters. The maximum absolute atomic E-state index is 13.2. The Morgan fingerprint density at radius 2 is 1.63 bits per heavy atom. The van der Waals surface area contributed by atoms with Gasteiger partial charge in [-0.3, -0.25) is 19.2 Å². The van der Waals surface area contributed by atoms with Crippen molar-refractivity contribution in [3.05, 3.63) is 47.6 Å². The molecule has 10 heteroatoms. The maximum atomic E-state index is 13.2. The van der Waals surface area contributed by atoms with E-state index >= 15 is 0 Å². The Bertz CT molecular complexity index is 1460. The smallest absolute Gasteiger partial charge is 0.306 e. The van der Waals surface area contributed by atoms with Crippen LogP contribution < -0.4 is 0 Å². The van der Waals surface area contributed by atoms with Crippen LogP contribution in [-0.2, 0) is 33.4 Å². The number of carbonyl (C=O) groups excluding carboxylic acids is 4. The zero-order chi connectivity index (χ0) is 45.0. The monoisotopic (exact) mass is 843 g/mol. The van der Waals surface area contributed by atoms with Gasteiger partial charge in [0, 0.05) is 38.7 Å². The zero-order valence-electron chi connectivity index (χ0n) is 38.8. The average Bonchev–Trinajstić information content (AvgIpc) is 3.19. The molecule has 60 heavy (non-hydrogen) atoms. The lowest BCUT2D eigenvalue weighted by atomic mass is 9.78. The lowest BCUT2D eigenvalue weighted by Gasteiger charge is -2.40. The Balaban J connectivity index is 1.84. The van der Waals surface area contributed by atoms with E-state index in [1.165, 1.54) is 0 Å². The number of allylic oxidation sites excluding steroid dienone is 7. The van der Waals surface area contributed by atoms with Gasteiger partial charge >= 0.3 is 5.97 Å². The van der Waals surface area contributed by atoms with Crippen molar-refractivity contribution in [3.8, 4) is 0 Å². The third-order valence-corrected chi connectivity index (χ3v) is 12.9. The lowest BCUT2D eigenvalue weighted by molar-refractivity contribution is -0.262. The van der Waals surface area contributed by atoms with E-state index in [4.69, 9.17) is 14.2 Å². The van der Waals surface area contributed by atoms with Crippen molar-refractivity contribution in [2.24, 2.45) is 35.5 Å². The van der Waals surface area contributed by atoms with Gasteiger partial charge in [-0.25, -0.2) is 0 Å². The highest BCUT2D eigenvalue weighted by Gasteiger charge is 2.49. The van der Waals surface area contributed by atoms with Gasteiger partial charge in [-0.15, -0.1) is 0 Å². The predicted molar refractivity (Wildman–Crippen MR) is 238 cm³/mol. The molecule has 1 saturated carbocycles. The molecule has 0 aromatic carbocycles. The highest BCUT2D eigenvalue weighted by Crippen LogP contribution is 2.36. The van der Waals surface area contributed by atoms with Gasteiger partial charge in [-0.2, -0.15) is 0 Å². The number of hydrogen-bond donors (Lipinski definition) is 3. The van der Waals surface area contributed by atoms with Gasteiger partial charge in [0.25, 0.3) is 5.78 Å². The number of rotatable bonds is 27. The van der Waals surface area contributed by atoms with Crippen molar-refractivity contribution in [2.45, 2.75) is 201 Å². The van der Waals surface area contributed by atoms with Crippen molar-refractivity contribution in [1.82, 2.24) is 0 Å². The molecule has 2 rings (SSSR count). The van der Waals surface area contributed by atoms with Crippen LogP contribution in [0.1, 0.15) is 165 Å². The molecule has 1 aliphatic heterocycles. The first kappa shape index (κ1) is 53.4. The molecular formula is C50H82O10. The number of unbranched alkanes of at least 4 members (excludes halogenated alkanes) is 2. The number of Topliss-reactive ketones (excluding diaryl/α,β-unsaturated/α-hetero) is 3. The molecule has 0 bridgehead atoms. The molecule has 1 aliphatic carbocycles. The van der Waals surface area contributed by atoms with Gasteiger partial charge in [0.15, 0.2) is 0 Å². The summed E-state index contributed by atoms with van der Waals surface area (Å²) >= 11 is 0. The fourth-order valence-corrected chi connectivity index (χ4v) is 8.74. The van der Waals surface area contributed by atoms with Gasteiger partial charge in [-0.05, 0) is 120 Å². The molecular weight excluding hydrogens is 761 g/mol. The second-order valence-electron chi connectivity index (χ2n) is 18.6. The molecule has 342 valence electrons. The van der Waals surface area contributed by atoms with Crippen LogP contribution in [0.2, 0.25) is 0 Å². The lowest BCUT2D eigenvalue weighted by Crippen LogP contribution is -2.54. The summed E-state index contributed by atoms with van der Waals surface area (Å²) in [5.41, 5.74) is 1.90. The molecule has 0 amide bonds. The third-order valence-electron chi connectivity index (χ3n) is 12.9. The summed E-state index contributed by atoms with van der Waals surface area (Å²) < 4.78 is 17.4. The van der Waals surface area contributed by atoms with E-state index in [-0.39, 0.29) is 60.2 Å². The molecule has 2 fully saturated rings. The van der Waals surface area contributed by atoms with Crippen molar-refractivity contribution >= 4 is 23.3 Å². The van der Waals surface area contributed by atoms with Crippen LogP contribution in [0.3, 0.4) is 0 Å². The normalized spacial score (nSPS) is 27.3. The van der Waals surface area contributed by atoms with Gasteiger partial charge in [0.05, 0.1) is 24.4 Å². The fourth-order valence-electron chi connectivity index (χ4n) is 8.74. The molecule has 10 nitrogen and oxygen atoms in total. The fraction of sp³-hybridized carbons (Fsp3) is 0.760. The summed E-state index contributed by atoms with van der Waals surface area (Å²) in [4.78, 5) is 49.9. The van der Waals surface area contributed by atoms with Gasteiger partial charge in [-0.1, -0.05) is 96.4 Å². The number of methoxy groups -OCH3 is 1. The second-order valence-corrected chi connectivity index (χ2v) is 18.6. The van der Waals surface area contributed by atoms with Gasteiger partial charge in [0.2, 0.25) is 11.6 Å². The van der Waals surface area contributed by atoms with E-state index < -0.39 is 35.5 Å². The van der Waals surface area contributed by atoms with Crippen molar-refractivity contribution in [2.75, 3.05) is 7.11 Å². The predicted octanol–water partition coefficient (Wildman–Crippen LogP) is 9.53. The Hall–Kier alpha value is -2.76. The minimum atomic E-state index is -2.04. The molecule has 0 aromatic rings. The summed E-state index contributed by atoms with van der Waals surface area (Å²) in [6.45, 7) is 17.2. The number of carbonyl (C=O) groups is 4. The topological polar surface area (TPSA) is 157 Å². The molecule has 0 spiro atoms. The largest absolute Gasteiger partial charge is 0.462 e. The first-order valence-corrected chi connectivity index (χ1v) is 23.1. The van der Waals surface area contributed by atoms with Crippen LogP contribution in [0.25, 0.3) is 0 Å². The summed E-state index contributed by atoms with van der Waals surface area (Å²) in [6, 6.07) is 0. The Labute approximate surface area is 362 Å². The molecule has 0 radical (unpaired) electrons.